The summed E-state index contributed by atoms with van der Waals surface area (Å²) in [4.78, 5) is 34.0. The Bertz CT molecular complexity index is 1080. The zero-order chi connectivity index (χ0) is 26.0. The molecule has 1 aromatic carbocycles. The number of rotatable bonds is 7. The molecule has 0 N–H and O–H groups in total. The lowest BCUT2D eigenvalue weighted by Gasteiger charge is -2.51. The van der Waals surface area contributed by atoms with Gasteiger partial charge >= 0.3 is 5.97 Å². The van der Waals surface area contributed by atoms with Crippen molar-refractivity contribution in [3.8, 4) is 0 Å². The van der Waals surface area contributed by atoms with Crippen LogP contribution in [0.5, 0.6) is 0 Å². The minimum atomic E-state index is -0.770. The Labute approximate surface area is 218 Å². The normalized spacial score (nSPS) is 23.6. The molecule has 0 radical (unpaired) electrons. The van der Waals surface area contributed by atoms with Crippen LogP contribution in [0.4, 0.5) is 0 Å². The fraction of sp³-hybridized carbons (Fsp3) is 0.464. The molecule has 0 bridgehead atoms. The highest BCUT2D eigenvalue weighted by Gasteiger charge is 2.53. The number of hydrogen-bond acceptors (Lipinski definition) is 4. The maximum Gasteiger partial charge on any atom is 0.329 e. The SMILES string of the molecule is C=CC[C@]1(C)C[C@H](c2cc(Cl)ccn2)[C@@H](c2ccc(Cl)cc2)N(C(CC)C(=O)OC(C)(C)C)C1=O. The third-order valence-electron chi connectivity index (χ3n) is 6.43. The van der Waals surface area contributed by atoms with Crippen LogP contribution in [0.1, 0.15) is 77.1 Å². The lowest BCUT2D eigenvalue weighted by atomic mass is 9.68. The summed E-state index contributed by atoms with van der Waals surface area (Å²) in [6, 6.07) is 9.75. The van der Waals surface area contributed by atoms with Gasteiger partial charge in [-0.3, -0.25) is 9.78 Å². The van der Waals surface area contributed by atoms with Gasteiger partial charge in [0.2, 0.25) is 5.91 Å². The number of piperidine rings is 1. The molecular formula is C28H34Cl2N2O3. The number of likely N-dealkylation sites (tertiary alicyclic amines) is 1. The summed E-state index contributed by atoms with van der Waals surface area (Å²) in [6.07, 6.45) is 4.84. The lowest BCUT2D eigenvalue weighted by Crippen LogP contribution is -2.58. The average Bonchev–Trinajstić information content (AvgIpc) is 2.77. The minimum absolute atomic E-state index is 0.103. The molecule has 1 unspecified atom stereocenters. The molecule has 1 aromatic heterocycles. The van der Waals surface area contributed by atoms with Gasteiger partial charge in [0.1, 0.15) is 11.6 Å². The first kappa shape index (κ1) is 27.2. The molecule has 2 aromatic rings. The number of benzene rings is 1. The molecule has 0 spiro atoms. The van der Waals surface area contributed by atoms with Gasteiger partial charge in [-0.25, -0.2) is 4.79 Å². The predicted molar refractivity (Wildman–Crippen MR) is 140 cm³/mol. The molecule has 0 saturated carbocycles. The highest BCUT2D eigenvalue weighted by molar-refractivity contribution is 6.30. The number of nitrogens with zero attached hydrogens (tertiary/aromatic N) is 2. The summed E-state index contributed by atoms with van der Waals surface area (Å²) in [5.74, 6) is -0.740. The van der Waals surface area contributed by atoms with Crippen LogP contribution in [0.2, 0.25) is 10.0 Å². The summed E-state index contributed by atoms with van der Waals surface area (Å²) in [6.45, 7) is 13.2. The van der Waals surface area contributed by atoms with E-state index in [1.165, 1.54) is 0 Å². The molecule has 1 amide bonds. The smallest absolute Gasteiger partial charge is 0.329 e. The maximum atomic E-state index is 14.2. The van der Waals surface area contributed by atoms with E-state index in [-0.39, 0.29) is 11.8 Å². The van der Waals surface area contributed by atoms with Gasteiger partial charge in [0, 0.05) is 27.9 Å². The van der Waals surface area contributed by atoms with E-state index < -0.39 is 29.1 Å². The Morgan fingerprint density at radius 1 is 1.26 bits per heavy atom. The number of allylic oxidation sites excluding steroid dienone is 1. The van der Waals surface area contributed by atoms with E-state index >= 15 is 0 Å². The standard InChI is InChI=1S/C28H34Cl2N2O3/c1-7-14-28(6)17-21(22-16-20(30)13-15-31-22)24(18-9-11-19(29)12-10-18)32(26(28)34)23(8-2)25(33)35-27(3,4)5/h7,9-13,15-16,21,23-24H,1,8,14,17H2,2-6H3/t21-,23?,24-,28-/m1/s1. The summed E-state index contributed by atoms with van der Waals surface area (Å²) in [7, 11) is 0. The number of carbonyl (C=O) groups excluding carboxylic acids is 2. The first-order chi connectivity index (χ1) is 16.4. The van der Waals surface area contributed by atoms with E-state index in [1.807, 2.05) is 52.8 Å². The van der Waals surface area contributed by atoms with Crippen molar-refractivity contribution in [2.24, 2.45) is 5.41 Å². The number of hydrogen-bond donors (Lipinski definition) is 0. The second-order valence-electron chi connectivity index (χ2n) is 10.4. The number of ether oxygens (including phenoxy) is 1. The predicted octanol–water partition coefficient (Wildman–Crippen LogP) is 7.15. The van der Waals surface area contributed by atoms with Crippen molar-refractivity contribution in [2.75, 3.05) is 0 Å². The van der Waals surface area contributed by atoms with E-state index in [0.717, 1.165) is 11.3 Å². The van der Waals surface area contributed by atoms with Gasteiger partial charge in [0.25, 0.3) is 0 Å². The Balaban J connectivity index is 2.24. The Hall–Kier alpha value is -2.37. The molecule has 35 heavy (non-hydrogen) atoms. The van der Waals surface area contributed by atoms with Crippen LogP contribution >= 0.6 is 23.2 Å². The molecule has 1 saturated heterocycles. The van der Waals surface area contributed by atoms with Gasteiger partial charge in [-0.1, -0.05) is 55.3 Å². The third-order valence-corrected chi connectivity index (χ3v) is 6.92. The molecule has 5 nitrogen and oxygen atoms in total. The van der Waals surface area contributed by atoms with Crippen molar-refractivity contribution in [3.05, 3.63) is 76.6 Å². The van der Waals surface area contributed by atoms with Crippen LogP contribution in [0.25, 0.3) is 0 Å². The van der Waals surface area contributed by atoms with Gasteiger partial charge in [-0.15, -0.1) is 6.58 Å². The van der Waals surface area contributed by atoms with Crippen LogP contribution in [0, 0.1) is 5.41 Å². The monoisotopic (exact) mass is 516 g/mol. The summed E-state index contributed by atoms with van der Waals surface area (Å²) in [5.41, 5.74) is 0.188. The van der Waals surface area contributed by atoms with Crippen molar-refractivity contribution >= 4 is 35.1 Å². The molecule has 1 aliphatic heterocycles. The molecule has 7 heteroatoms. The zero-order valence-corrected chi connectivity index (χ0v) is 22.6. The Morgan fingerprint density at radius 2 is 1.91 bits per heavy atom. The number of aromatic nitrogens is 1. The highest BCUT2D eigenvalue weighted by Crippen LogP contribution is 2.52. The lowest BCUT2D eigenvalue weighted by molar-refractivity contribution is -0.173. The van der Waals surface area contributed by atoms with E-state index in [1.54, 1.807) is 35.4 Å². The molecule has 3 rings (SSSR count). The molecule has 188 valence electrons. The van der Waals surface area contributed by atoms with Crippen molar-refractivity contribution < 1.29 is 14.3 Å². The number of carbonyl (C=O) groups is 2. The quantitative estimate of drug-likeness (QED) is 0.289. The highest BCUT2D eigenvalue weighted by atomic mass is 35.5. The second-order valence-corrected chi connectivity index (χ2v) is 11.3. The first-order valence-electron chi connectivity index (χ1n) is 11.9. The Morgan fingerprint density at radius 3 is 2.46 bits per heavy atom. The van der Waals surface area contributed by atoms with Crippen LogP contribution in [0.15, 0.2) is 55.3 Å². The summed E-state index contributed by atoms with van der Waals surface area (Å²) < 4.78 is 5.77. The maximum absolute atomic E-state index is 14.2. The molecule has 2 heterocycles. The van der Waals surface area contributed by atoms with Gasteiger partial charge in [0.15, 0.2) is 0 Å². The van der Waals surface area contributed by atoms with E-state index in [4.69, 9.17) is 27.9 Å². The van der Waals surface area contributed by atoms with Crippen LogP contribution in [-0.2, 0) is 14.3 Å². The topological polar surface area (TPSA) is 59.5 Å². The largest absolute Gasteiger partial charge is 0.458 e. The van der Waals surface area contributed by atoms with E-state index in [0.29, 0.717) is 29.3 Å². The zero-order valence-electron chi connectivity index (χ0n) is 21.1. The fourth-order valence-electron chi connectivity index (χ4n) is 4.93. The van der Waals surface area contributed by atoms with Crippen LogP contribution in [0.3, 0.4) is 0 Å². The van der Waals surface area contributed by atoms with Crippen LogP contribution in [-0.4, -0.2) is 33.4 Å². The minimum Gasteiger partial charge on any atom is -0.458 e. The molecule has 0 aliphatic carbocycles. The van der Waals surface area contributed by atoms with Crippen molar-refractivity contribution in [2.45, 2.75) is 77.5 Å². The average molecular weight is 517 g/mol. The van der Waals surface area contributed by atoms with E-state index in [9.17, 15) is 9.59 Å². The van der Waals surface area contributed by atoms with Gasteiger partial charge in [0.05, 0.1) is 11.5 Å². The third kappa shape index (κ3) is 6.07. The Kier molecular flexibility index (Phi) is 8.33. The van der Waals surface area contributed by atoms with Gasteiger partial charge < -0.3 is 9.64 Å². The number of halogens is 2. The second kappa shape index (κ2) is 10.7. The number of pyridine rings is 1. The molecular weight excluding hydrogens is 483 g/mol. The fourth-order valence-corrected chi connectivity index (χ4v) is 5.22. The van der Waals surface area contributed by atoms with Crippen LogP contribution < -0.4 is 0 Å². The number of esters is 1. The molecule has 4 atom stereocenters. The van der Waals surface area contributed by atoms with Crippen molar-refractivity contribution in [1.82, 2.24) is 9.88 Å². The van der Waals surface area contributed by atoms with Crippen molar-refractivity contribution in [3.63, 3.8) is 0 Å². The van der Waals surface area contributed by atoms with Crippen molar-refractivity contribution in [1.29, 1.82) is 0 Å². The molecule has 1 fully saturated rings. The van der Waals surface area contributed by atoms with Gasteiger partial charge in [-0.2, -0.15) is 0 Å². The molecule has 1 aliphatic rings. The summed E-state index contributed by atoms with van der Waals surface area (Å²) >= 11 is 12.6. The number of amides is 1. The van der Waals surface area contributed by atoms with Gasteiger partial charge in [-0.05, 0) is 69.9 Å². The summed E-state index contributed by atoms with van der Waals surface area (Å²) in [5, 5.41) is 1.16. The van der Waals surface area contributed by atoms with E-state index in [2.05, 4.69) is 11.6 Å². The first-order valence-corrected chi connectivity index (χ1v) is 12.7.